The van der Waals surface area contributed by atoms with Gasteiger partial charge >= 0.3 is 5.97 Å². The van der Waals surface area contributed by atoms with E-state index >= 15 is 0 Å². The Morgan fingerprint density at radius 1 is 0.964 bits per heavy atom. The van der Waals surface area contributed by atoms with Crippen LogP contribution in [0.15, 0.2) is 54.6 Å². The van der Waals surface area contributed by atoms with E-state index in [1.807, 2.05) is 61.5 Å². The molecule has 0 aromatic heterocycles. The molecule has 0 radical (unpaired) electrons. The van der Waals surface area contributed by atoms with Crippen molar-refractivity contribution >= 4 is 35.2 Å². The molecule has 148 valence electrons. The summed E-state index contributed by atoms with van der Waals surface area (Å²) in [7, 11) is 1.31. The number of carbonyl (C=O) groups is 3. The molecule has 7 heteroatoms. The minimum Gasteiger partial charge on any atom is -0.469 e. The normalized spacial score (nSPS) is 11.4. The van der Waals surface area contributed by atoms with Crippen LogP contribution in [0.3, 0.4) is 0 Å². The third-order valence-corrected chi connectivity index (χ3v) is 4.87. The Kier molecular flexibility index (Phi) is 8.55. The van der Waals surface area contributed by atoms with E-state index in [2.05, 4.69) is 10.6 Å². The standard InChI is InChI=1S/C21H24N2O4S/c1-15-8-10-17(11-9-15)22-19(24)13-28-14-20(25)23-18(12-21(26)27-2)16-6-4-3-5-7-16/h3-11,18H,12-14H2,1-2H3,(H,22,24)(H,23,25). The van der Waals surface area contributed by atoms with Crippen LogP contribution >= 0.6 is 11.8 Å². The van der Waals surface area contributed by atoms with Gasteiger partial charge in [0.1, 0.15) is 0 Å². The van der Waals surface area contributed by atoms with Crippen molar-refractivity contribution in [3.05, 3.63) is 65.7 Å². The van der Waals surface area contributed by atoms with Gasteiger partial charge in [0, 0.05) is 5.69 Å². The Hall–Kier alpha value is -2.80. The van der Waals surface area contributed by atoms with E-state index in [9.17, 15) is 14.4 Å². The number of rotatable bonds is 9. The number of nitrogens with one attached hydrogen (secondary N) is 2. The van der Waals surface area contributed by atoms with Crippen molar-refractivity contribution in [3.63, 3.8) is 0 Å². The van der Waals surface area contributed by atoms with Crippen LogP contribution < -0.4 is 10.6 Å². The molecule has 2 aromatic rings. The smallest absolute Gasteiger partial charge is 0.307 e. The molecule has 0 aliphatic rings. The summed E-state index contributed by atoms with van der Waals surface area (Å²) in [6, 6.07) is 16.3. The number of thioether (sulfide) groups is 1. The van der Waals surface area contributed by atoms with Crippen molar-refractivity contribution in [2.45, 2.75) is 19.4 Å². The second-order valence-electron chi connectivity index (χ2n) is 6.22. The minimum absolute atomic E-state index is 0.0465. The van der Waals surface area contributed by atoms with Crippen molar-refractivity contribution in [2.75, 3.05) is 23.9 Å². The van der Waals surface area contributed by atoms with Gasteiger partial charge in [-0.15, -0.1) is 11.8 Å². The summed E-state index contributed by atoms with van der Waals surface area (Å²) >= 11 is 1.21. The number of benzene rings is 2. The number of aryl methyl sites for hydroxylation is 1. The van der Waals surface area contributed by atoms with Crippen LogP contribution in [0.4, 0.5) is 5.69 Å². The Labute approximate surface area is 169 Å². The van der Waals surface area contributed by atoms with Crippen molar-refractivity contribution in [3.8, 4) is 0 Å². The molecule has 6 nitrogen and oxygen atoms in total. The zero-order valence-corrected chi connectivity index (χ0v) is 16.8. The number of hydrogen-bond donors (Lipinski definition) is 2. The van der Waals surface area contributed by atoms with Gasteiger partial charge in [0.05, 0.1) is 31.1 Å². The van der Waals surface area contributed by atoms with Crippen LogP contribution in [0.1, 0.15) is 23.6 Å². The molecule has 0 aliphatic carbocycles. The van der Waals surface area contributed by atoms with Crippen LogP contribution in [-0.4, -0.2) is 36.4 Å². The third-order valence-electron chi connectivity index (χ3n) is 3.94. The molecule has 28 heavy (non-hydrogen) atoms. The van der Waals surface area contributed by atoms with Crippen molar-refractivity contribution in [1.29, 1.82) is 0 Å². The topological polar surface area (TPSA) is 84.5 Å². The molecular weight excluding hydrogens is 376 g/mol. The van der Waals surface area contributed by atoms with Crippen LogP contribution in [0.5, 0.6) is 0 Å². The molecule has 2 aromatic carbocycles. The number of anilines is 1. The summed E-state index contributed by atoms with van der Waals surface area (Å²) in [5, 5.41) is 5.63. The lowest BCUT2D eigenvalue weighted by atomic mass is 10.0. The third kappa shape index (κ3) is 7.44. The van der Waals surface area contributed by atoms with Gasteiger partial charge in [0.25, 0.3) is 0 Å². The molecule has 2 amide bonds. The summed E-state index contributed by atoms with van der Waals surface area (Å²) in [5.74, 6) is -0.541. The van der Waals surface area contributed by atoms with Crippen LogP contribution in [0.2, 0.25) is 0 Å². The Morgan fingerprint density at radius 3 is 2.25 bits per heavy atom. The Bertz CT molecular complexity index is 794. The van der Waals surface area contributed by atoms with Crippen LogP contribution in [-0.2, 0) is 19.1 Å². The maximum atomic E-state index is 12.3. The molecule has 0 aliphatic heterocycles. The second-order valence-corrected chi connectivity index (χ2v) is 7.20. The van der Waals surface area contributed by atoms with E-state index in [1.165, 1.54) is 18.9 Å². The Morgan fingerprint density at radius 2 is 1.61 bits per heavy atom. The quantitative estimate of drug-likeness (QED) is 0.632. The number of methoxy groups -OCH3 is 1. The summed E-state index contributed by atoms with van der Waals surface area (Å²) in [4.78, 5) is 35.9. The fraction of sp³-hybridized carbons (Fsp3) is 0.286. The zero-order chi connectivity index (χ0) is 20.4. The molecule has 0 bridgehead atoms. The fourth-order valence-corrected chi connectivity index (χ4v) is 3.12. The predicted molar refractivity (Wildman–Crippen MR) is 111 cm³/mol. The maximum absolute atomic E-state index is 12.3. The molecule has 0 spiro atoms. The minimum atomic E-state index is -0.469. The first-order valence-corrected chi connectivity index (χ1v) is 9.99. The molecule has 0 saturated carbocycles. The van der Waals surface area contributed by atoms with E-state index in [0.717, 1.165) is 16.8 Å². The van der Waals surface area contributed by atoms with Crippen LogP contribution in [0, 0.1) is 6.92 Å². The van der Waals surface area contributed by atoms with Gasteiger partial charge < -0.3 is 15.4 Å². The lowest BCUT2D eigenvalue weighted by molar-refractivity contribution is -0.141. The molecule has 1 atom stereocenters. The van der Waals surface area contributed by atoms with Gasteiger partial charge in [-0.2, -0.15) is 0 Å². The number of amides is 2. The average Bonchev–Trinajstić information content (AvgIpc) is 2.69. The van der Waals surface area contributed by atoms with Gasteiger partial charge in [-0.1, -0.05) is 48.0 Å². The molecule has 0 fully saturated rings. The lowest BCUT2D eigenvalue weighted by Crippen LogP contribution is -2.32. The summed E-state index contributed by atoms with van der Waals surface area (Å²) in [6.45, 7) is 1.98. The maximum Gasteiger partial charge on any atom is 0.307 e. The predicted octanol–water partition coefficient (Wildman–Crippen LogP) is 3.09. The summed E-state index contributed by atoms with van der Waals surface area (Å²) in [6.07, 6.45) is 0.0465. The van der Waals surface area contributed by atoms with Gasteiger partial charge in [-0.05, 0) is 24.6 Å². The van der Waals surface area contributed by atoms with E-state index in [0.29, 0.717) is 0 Å². The molecule has 0 saturated heterocycles. The highest BCUT2D eigenvalue weighted by Crippen LogP contribution is 2.17. The average molecular weight is 401 g/mol. The van der Waals surface area contributed by atoms with Gasteiger partial charge in [0.15, 0.2) is 0 Å². The van der Waals surface area contributed by atoms with Crippen molar-refractivity contribution < 1.29 is 19.1 Å². The molecule has 0 heterocycles. The molecular formula is C21H24N2O4S. The van der Waals surface area contributed by atoms with Crippen LogP contribution in [0.25, 0.3) is 0 Å². The second kappa shape index (κ2) is 11.1. The molecule has 2 rings (SSSR count). The van der Waals surface area contributed by atoms with Crippen molar-refractivity contribution in [1.82, 2.24) is 5.32 Å². The number of ether oxygens (including phenoxy) is 1. The van der Waals surface area contributed by atoms with Gasteiger partial charge in [-0.25, -0.2) is 0 Å². The molecule has 2 N–H and O–H groups in total. The van der Waals surface area contributed by atoms with E-state index in [4.69, 9.17) is 4.74 Å². The first-order chi connectivity index (χ1) is 13.5. The first kappa shape index (κ1) is 21.5. The zero-order valence-electron chi connectivity index (χ0n) is 15.9. The first-order valence-electron chi connectivity index (χ1n) is 8.83. The van der Waals surface area contributed by atoms with E-state index in [1.54, 1.807) is 0 Å². The van der Waals surface area contributed by atoms with E-state index < -0.39 is 12.0 Å². The number of carbonyl (C=O) groups excluding carboxylic acids is 3. The van der Waals surface area contributed by atoms with Crippen molar-refractivity contribution in [2.24, 2.45) is 0 Å². The highest BCUT2D eigenvalue weighted by molar-refractivity contribution is 8.00. The Balaban J connectivity index is 1.81. The fourth-order valence-electron chi connectivity index (χ4n) is 2.49. The lowest BCUT2D eigenvalue weighted by Gasteiger charge is -2.18. The summed E-state index contributed by atoms with van der Waals surface area (Å²) in [5.41, 5.74) is 2.66. The molecule has 1 unspecified atom stereocenters. The number of esters is 1. The van der Waals surface area contributed by atoms with Gasteiger partial charge in [-0.3, -0.25) is 14.4 Å². The monoisotopic (exact) mass is 400 g/mol. The SMILES string of the molecule is COC(=O)CC(NC(=O)CSCC(=O)Nc1ccc(C)cc1)c1ccccc1. The van der Waals surface area contributed by atoms with E-state index in [-0.39, 0.29) is 29.7 Å². The number of hydrogen-bond acceptors (Lipinski definition) is 5. The highest BCUT2D eigenvalue weighted by Gasteiger charge is 2.19. The van der Waals surface area contributed by atoms with Gasteiger partial charge in [0.2, 0.25) is 11.8 Å². The highest BCUT2D eigenvalue weighted by atomic mass is 32.2. The largest absolute Gasteiger partial charge is 0.469 e. The summed E-state index contributed by atoms with van der Waals surface area (Å²) < 4.78 is 4.71.